The molecule has 0 saturated carbocycles. The Morgan fingerprint density at radius 1 is 1.26 bits per heavy atom. The van der Waals surface area contributed by atoms with Crippen molar-refractivity contribution in [1.82, 2.24) is 9.55 Å². The predicted octanol–water partition coefficient (Wildman–Crippen LogP) is 0.681. The van der Waals surface area contributed by atoms with E-state index in [2.05, 4.69) is 4.98 Å². The van der Waals surface area contributed by atoms with Gasteiger partial charge < -0.3 is 15.2 Å². The van der Waals surface area contributed by atoms with E-state index in [-0.39, 0.29) is 5.56 Å². The largest absolute Gasteiger partial charge is 0.493 e. The van der Waals surface area contributed by atoms with Crippen LogP contribution in [0.25, 0.3) is 10.9 Å². The fourth-order valence-electron chi connectivity index (χ4n) is 2.05. The lowest BCUT2D eigenvalue weighted by atomic mass is 10.2. The summed E-state index contributed by atoms with van der Waals surface area (Å²) >= 11 is 0. The third-order valence-corrected chi connectivity index (χ3v) is 3.00. The Balaban J connectivity index is 2.78. The van der Waals surface area contributed by atoms with Crippen LogP contribution in [0.15, 0.2) is 16.9 Å². The van der Waals surface area contributed by atoms with Gasteiger partial charge in [-0.3, -0.25) is 9.36 Å². The highest BCUT2D eigenvalue weighted by atomic mass is 16.5. The number of rotatable bonds is 4. The molecule has 0 aliphatic heterocycles. The summed E-state index contributed by atoms with van der Waals surface area (Å²) in [5.41, 5.74) is 5.99. The third-order valence-electron chi connectivity index (χ3n) is 3.00. The Kier molecular flexibility index (Phi) is 3.71. The molecule has 6 nitrogen and oxygen atoms in total. The zero-order chi connectivity index (χ0) is 14.0. The number of aromatic nitrogens is 2. The van der Waals surface area contributed by atoms with Gasteiger partial charge >= 0.3 is 0 Å². The third kappa shape index (κ3) is 2.26. The fourth-order valence-corrected chi connectivity index (χ4v) is 2.05. The quantitative estimate of drug-likeness (QED) is 0.877. The van der Waals surface area contributed by atoms with Gasteiger partial charge in [0.1, 0.15) is 5.82 Å². The molecule has 2 rings (SSSR count). The van der Waals surface area contributed by atoms with Gasteiger partial charge in [0.05, 0.1) is 25.1 Å². The smallest absolute Gasteiger partial charge is 0.261 e. The molecule has 6 heteroatoms. The number of benzene rings is 1. The molecule has 2 aromatic rings. The monoisotopic (exact) mass is 263 g/mol. The molecular weight excluding hydrogens is 246 g/mol. The number of methoxy groups -OCH3 is 2. The minimum Gasteiger partial charge on any atom is -0.493 e. The molecule has 1 aromatic heterocycles. The molecule has 0 aliphatic carbocycles. The number of fused-ring (bicyclic) bond motifs is 1. The first-order chi connectivity index (χ1) is 9.12. The Hall–Kier alpha value is -2.08. The average Bonchev–Trinajstić information content (AvgIpc) is 2.42. The lowest BCUT2D eigenvalue weighted by Gasteiger charge is -2.12. The van der Waals surface area contributed by atoms with Crippen LogP contribution in [0.5, 0.6) is 11.5 Å². The number of ether oxygens (including phenoxy) is 2. The van der Waals surface area contributed by atoms with E-state index >= 15 is 0 Å². The van der Waals surface area contributed by atoms with E-state index in [1.54, 1.807) is 30.7 Å². The van der Waals surface area contributed by atoms with Crippen LogP contribution in [0.3, 0.4) is 0 Å². The van der Waals surface area contributed by atoms with E-state index in [0.29, 0.717) is 41.3 Å². The molecule has 0 unspecified atom stereocenters. The maximum absolute atomic E-state index is 12.4. The van der Waals surface area contributed by atoms with Crippen molar-refractivity contribution in [3.05, 3.63) is 28.3 Å². The van der Waals surface area contributed by atoms with Crippen molar-refractivity contribution >= 4 is 10.9 Å². The number of nitrogens with zero attached hydrogens (tertiary/aromatic N) is 2. The molecular formula is C13H17N3O3. The van der Waals surface area contributed by atoms with Gasteiger partial charge in [-0.1, -0.05) is 0 Å². The minimum atomic E-state index is -0.117. The number of nitrogens with two attached hydrogens (primary N) is 1. The number of hydrogen-bond acceptors (Lipinski definition) is 5. The Morgan fingerprint density at radius 2 is 1.89 bits per heavy atom. The summed E-state index contributed by atoms with van der Waals surface area (Å²) < 4.78 is 12.0. The van der Waals surface area contributed by atoms with Gasteiger partial charge in [0.25, 0.3) is 5.56 Å². The maximum atomic E-state index is 12.4. The molecule has 1 aromatic carbocycles. The van der Waals surface area contributed by atoms with Crippen LogP contribution in [0.4, 0.5) is 0 Å². The second-order valence-electron chi connectivity index (χ2n) is 4.13. The van der Waals surface area contributed by atoms with Gasteiger partial charge in [-0.2, -0.15) is 0 Å². The molecule has 0 bridgehead atoms. The first-order valence-electron chi connectivity index (χ1n) is 5.95. The Labute approximate surface area is 110 Å². The van der Waals surface area contributed by atoms with Crippen LogP contribution in [-0.2, 0) is 6.54 Å². The fraction of sp³-hybridized carbons (Fsp3) is 0.385. The van der Waals surface area contributed by atoms with Crippen molar-refractivity contribution in [1.29, 1.82) is 0 Å². The molecule has 19 heavy (non-hydrogen) atoms. The highest BCUT2D eigenvalue weighted by Gasteiger charge is 2.12. The first kappa shape index (κ1) is 13.4. The van der Waals surface area contributed by atoms with E-state index in [4.69, 9.17) is 15.2 Å². The van der Waals surface area contributed by atoms with E-state index in [1.807, 2.05) is 0 Å². The topological polar surface area (TPSA) is 79.4 Å². The van der Waals surface area contributed by atoms with Gasteiger partial charge in [-0.05, 0) is 13.0 Å². The molecule has 0 amide bonds. The van der Waals surface area contributed by atoms with Crippen molar-refractivity contribution in [3.63, 3.8) is 0 Å². The van der Waals surface area contributed by atoms with Crippen molar-refractivity contribution in [2.75, 3.05) is 20.8 Å². The number of hydrogen-bond donors (Lipinski definition) is 1. The van der Waals surface area contributed by atoms with Crippen molar-refractivity contribution in [2.45, 2.75) is 13.5 Å². The van der Waals surface area contributed by atoms with E-state index in [1.165, 1.54) is 7.11 Å². The van der Waals surface area contributed by atoms with Crippen LogP contribution in [-0.4, -0.2) is 30.3 Å². The van der Waals surface area contributed by atoms with Crippen LogP contribution < -0.4 is 20.8 Å². The summed E-state index contributed by atoms with van der Waals surface area (Å²) in [5, 5.41) is 0.497. The summed E-state index contributed by atoms with van der Waals surface area (Å²) in [6, 6.07) is 3.35. The van der Waals surface area contributed by atoms with Crippen molar-refractivity contribution in [3.8, 4) is 11.5 Å². The zero-order valence-electron chi connectivity index (χ0n) is 11.3. The lowest BCUT2D eigenvalue weighted by Crippen LogP contribution is -2.27. The van der Waals surface area contributed by atoms with Crippen LogP contribution in [0.2, 0.25) is 0 Å². The molecule has 102 valence electrons. The van der Waals surface area contributed by atoms with Gasteiger partial charge in [-0.15, -0.1) is 0 Å². The predicted molar refractivity (Wildman–Crippen MR) is 72.9 cm³/mol. The normalized spacial score (nSPS) is 10.7. The van der Waals surface area contributed by atoms with Gasteiger partial charge in [0.2, 0.25) is 0 Å². The molecule has 1 heterocycles. The molecule has 0 aliphatic rings. The molecule has 2 N–H and O–H groups in total. The standard InChI is InChI=1S/C13H17N3O3/c1-8-15-10-7-12(19-3)11(18-2)6-9(10)13(17)16(8)5-4-14/h6-7H,4-5,14H2,1-3H3. The Bertz CT molecular complexity index is 664. The number of aryl methyl sites for hydroxylation is 1. The minimum absolute atomic E-state index is 0.117. The summed E-state index contributed by atoms with van der Waals surface area (Å²) in [5.74, 6) is 1.70. The highest BCUT2D eigenvalue weighted by Crippen LogP contribution is 2.30. The molecule has 0 saturated heterocycles. The van der Waals surface area contributed by atoms with E-state index < -0.39 is 0 Å². The highest BCUT2D eigenvalue weighted by molar-refractivity contribution is 5.81. The molecule has 0 spiro atoms. The zero-order valence-corrected chi connectivity index (χ0v) is 11.3. The van der Waals surface area contributed by atoms with Crippen molar-refractivity contribution in [2.24, 2.45) is 5.73 Å². The second-order valence-corrected chi connectivity index (χ2v) is 4.13. The molecule has 0 radical (unpaired) electrons. The van der Waals surface area contributed by atoms with Crippen LogP contribution >= 0.6 is 0 Å². The lowest BCUT2D eigenvalue weighted by molar-refractivity contribution is 0.355. The van der Waals surface area contributed by atoms with E-state index in [9.17, 15) is 4.79 Å². The molecule has 0 fully saturated rings. The maximum Gasteiger partial charge on any atom is 0.261 e. The molecule has 0 atom stereocenters. The SMILES string of the molecule is COc1cc2nc(C)n(CCN)c(=O)c2cc1OC. The van der Waals surface area contributed by atoms with Crippen molar-refractivity contribution < 1.29 is 9.47 Å². The summed E-state index contributed by atoms with van der Waals surface area (Å²) in [4.78, 5) is 16.8. The van der Waals surface area contributed by atoms with Gasteiger partial charge in [0, 0.05) is 19.2 Å². The summed E-state index contributed by atoms with van der Waals surface area (Å²) in [6.45, 7) is 2.62. The van der Waals surface area contributed by atoms with Crippen LogP contribution in [0.1, 0.15) is 5.82 Å². The van der Waals surface area contributed by atoms with E-state index in [0.717, 1.165) is 0 Å². The summed E-state index contributed by atoms with van der Waals surface area (Å²) in [6.07, 6.45) is 0. The average molecular weight is 263 g/mol. The van der Waals surface area contributed by atoms with Gasteiger partial charge in [-0.25, -0.2) is 4.98 Å². The van der Waals surface area contributed by atoms with Crippen LogP contribution in [0, 0.1) is 6.92 Å². The summed E-state index contributed by atoms with van der Waals surface area (Å²) in [7, 11) is 3.08. The Morgan fingerprint density at radius 3 is 2.47 bits per heavy atom. The van der Waals surface area contributed by atoms with Gasteiger partial charge in [0.15, 0.2) is 11.5 Å². The first-order valence-corrected chi connectivity index (χ1v) is 5.95. The second kappa shape index (κ2) is 5.27.